The molecule has 0 spiro atoms. The van der Waals surface area contributed by atoms with Crippen LogP contribution in [0.15, 0.2) is 0 Å². The van der Waals surface area contributed by atoms with E-state index in [4.69, 9.17) is 11.6 Å². The van der Waals surface area contributed by atoms with E-state index >= 15 is 0 Å². The van der Waals surface area contributed by atoms with Crippen molar-refractivity contribution in [1.29, 1.82) is 0 Å². The van der Waals surface area contributed by atoms with E-state index in [0.717, 1.165) is 21.5 Å². The minimum absolute atomic E-state index is 0.826. The molecule has 0 aliphatic carbocycles. The lowest BCUT2D eigenvalue weighted by Gasteiger charge is -1.79. The first-order valence-electron chi connectivity index (χ1n) is 2.86. The smallest absolute Gasteiger partial charge is 0.116 e. The molecule has 0 amide bonds. The van der Waals surface area contributed by atoms with Crippen LogP contribution in [-0.2, 0) is 6.42 Å². The van der Waals surface area contributed by atoms with Gasteiger partial charge in [0.1, 0.15) is 4.34 Å². The summed E-state index contributed by atoms with van der Waals surface area (Å²) in [6, 6.07) is 0. The predicted octanol–water partition coefficient (Wildman–Crippen LogP) is 2.67. The summed E-state index contributed by atoms with van der Waals surface area (Å²) in [6.07, 6.45) is 0.984. The Morgan fingerprint density at radius 1 is 1.67 bits per heavy atom. The average Bonchev–Trinajstić information content (AvgIpc) is 2.13. The SMILES string of the molecule is CCc1nc(C)c(Cl)s1. The van der Waals surface area contributed by atoms with Crippen LogP contribution in [0, 0.1) is 6.92 Å². The van der Waals surface area contributed by atoms with Crippen molar-refractivity contribution in [3.05, 3.63) is 15.0 Å². The van der Waals surface area contributed by atoms with Gasteiger partial charge in [0.15, 0.2) is 0 Å². The molecule has 9 heavy (non-hydrogen) atoms. The standard InChI is InChI=1S/C6H8ClNS/c1-3-5-8-4(2)6(7)9-5/h3H2,1-2H3. The Hall–Kier alpha value is -0.0800. The highest BCUT2D eigenvalue weighted by Gasteiger charge is 2.01. The number of rotatable bonds is 1. The Labute approximate surface area is 63.7 Å². The number of nitrogens with zero attached hydrogens (tertiary/aromatic N) is 1. The van der Waals surface area contributed by atoms with E-state index in [1.54, 1.807) is 11.3 Å². The molecule has 1 nitrogen and oxygen atoms in total. The quantitative estimate of drug-likeness (QED) is 0.617. The molecule has 0 bridgehead atoms. The van der Waals surface area contributed by atoms with Gasteiger partial charge in [0, 0.05) is 0 Å². The predicted molar refractivity (Wildman–Crippen MR) is 41.2 cm³/mol. The van der Waals surface area contributed by atoms with Gasteiger partial charge in [0.05, 0.1) is 10.7 Å². The van der Waals surface area contributed by atoms with Gasteiger partial charge in [-0.2, -0.15) is 0 Å². The van der Waals surface area contributed by atoms with E-state index in [0.29, 0.717) is 0 Å². The molecule has 0 aliphatic rings. The number of hydrogen-bond acceptors (Lipinski definition) is 2. The van der Waals surface area contributed by atoms with Crippen LogP contribution in [0.25, 0.3) is 0 Å². The monoisotopic (exact) mass is 161 g/mol. The van der Waals surface area contributed by atoms with Crippen molar-refractivity contribution in [3.8, 4) is 0 Å². The van der Waals surface area contributed by atoms with Crippen molar-refractivity contribution in [2.45, 2.75) is 20.3 Å². The number of halogens is 1. The van der Waals surface area contributed by atoms with Gasteiger partial charge in [-0.15, -0.1) is 11.3 Å². The fraction of sp³-hybridized carbons (Fsp3) is 0.500. The molecule has 0 N–H and O–H groups in total. The van der Waals surface area contributed by atoms with Crippen LogP contribution < -0.4 is 0 Å². The molecule has 3 heteroatoms. The Kier molecular flexibility index (Phi) is 2.09. The minimum atomic E-state index is 0.826. The lowest BCUT2D eigenvalue weighted by molar-refractivity contribution is 1.07. The molecule has 0 unspecified atom stereocenters. The third-order valence-electron chi connectivity index (χ3n) is 1.09. The summed E-state index contributed by atoms with van der Waals surface area (Å²) < 4.78 is 0.826. The minimum Gasteiger partial charge on any atom is -0.245 e. The summed E-state index contributed by atoms with van der Waals surface area (Å²) in [7, 11) is 0. The molecule has 0 saturated heterocycles. The molecule has 0 atom stereocenters. The topological polar surface area (TPSA) is 12.9 Å². The largest absolute Gasteiger partial charge is 0.245 e. The van der Waals surface area contributed by atoms with Gasteiger partial charge in [0.25, 0.3) is 0 Å². The summed E-state index contributed by atoms with van der Waals surface area (Å²) in [6.45, 7) is 4.01. The second-order valence-corrected chi connectivity index (χ2v) is 3.51. The fourth-order valence-corrected chi connectivity index (χ4v) is 1.62. The lowest BCUT2D eigenvalue weighted by Crippen LogP contribution is -1.75. The van der Waals surface area contributed by atoms with Crippen LogP contribution in [0.5, 0.6) is 0 Å². The molecule has 50 valence electrons. The molecule has 0 fully saturated rings. The third-order valence-corrected chi connectivity index (χ3v) is 2.68. The van der Waals surface area contributed by atoms with Gasteiger partial charge >= 0.3 is 0 Å². The first kappa shape index (κ1) is 7.03. The van der Waals surface area contributed by atoms with Crippen LogP contribution in [0.1, 0.15) is 17.6 Å². The van der Waals surface area contributed by atoms with Crippen molar-refractivity contribution in [2.75, 3.05) is 0 Å². The summed E-state index contributed by atoms with van der Waals surface area (Å²) in [4.78, 5) is 4.22. The van der Waals surface area contributed by atoms with E-state index in [9.17, 15) is 0 Å². The molecular formula is C6H8ClNS. The molecule has 0 radical (unpaired) electrons. The zero-order valence-electron chi connectivity index (χ0n) is 5.44. The lowest BCUT2D eigenvalue weighted by atomic mass is 10.5. The molecule has 0 aliphatic heterocycles. The first-order chi connectivity index (χ1) is 4.24. The van der Waals surface area contributed by atoms with Crippen LogP contribution in [0.2, 0.25) is 4.34 Å². The summed E-state index contributed by atoms with van der Waals surface area (Å²) >= 11 is 7.33. The number of aryl methyl sites for hydroxylation is 2. The van der Waals surface area contributed by atoms with Crippen LogP contribution in [0.4, 0.5) is 0 Å². The van der Waals surface area contributed by atoms with E-state index in [-0.39, 0.29) is 0 Å². The van der Waals surface area contributed by atoms with Crippen LogP contribution >= 0.6 is 22.9 Å². The third kappa shape index (κ3) is 1.43. The maximum Gasteiger partial charge on any atom is 0.116 e. The molecule has 0 aromatic carbocycles. The van der Waals surface area contributed by atoms with Gasteiger partial charge in [-0.05, 0) is 13.3 Å². The Balaban J connectivity index is 2.98. The van der Waals surface area contributed by atoms with E-state index in [1.807, 2.05) is 6.92 Å². The van der Waals surface area contributed by atoms with Gasteiger partial charge in [-0.3, -0.25) is 0 Å². The maximum absolute atomic E-state index is 5.76. The molecule has 1 rings (SSSR count). The Morgan fingerprint density at radius 2 is 2.33 bits per heavy atom. The zero-order chi connectivity index (χ0) is 6.85. The average molecular weight is 162 g/mol. The number of aromatic nitrogens is 1. The van der Waals surface area contributed by atoms with E-state index in [2.05, 4.69) is 11.9 Å². The van der Waals surface area contributed by atoms with Gasteiger partial charge in [-0.25, -0.2) is 4.98 Å². The van der Waals surface area contributed by atoms with Gasteiger partial charge < -0.3 is 0 Å². The first-order valence-corrected chi connectivity index (χ1v) is 4.05. The molecule has 1 aromatic rings. The summed E-state index contributed by atoms with van der Waals surface area (Å²) in [5.41, 5.74) is 0.957. The summed E-state index contributed by atoms with van der Waals surface area (Å²) in [5.74, 6) is 0. The normalized spacial score (nSPS) is 10.1. The van der Waals surface area contributed by atoms with Crippen LogP contribution in [0.3, 0.4) is 0 Å². The highest BCUT2D eigenvalue weighted by atomic mass is 35.5. The van der Waals surface area contributed by atoms with Gasteiger partial charge in [0.2, 0.25) is 0 Å². The maximum atomic E-state index is 5.76. The van der Waals surface area contributed by atoms with Crippen LogP contribution in [-0.4, -0.2) is 4.98 Å². The van der Waals surface area contributed by atoms with Crippen molar-refractivity contribution in [1.82, 2.24) is 4.98 Å². The summed E-state index contributed by atoms with van der Waals surface area (Å²) in [5, 5.41) is 1.12. The highest BCUT2D eigenvalue weighted by Crippen LogP contribution is 2.23. The van der Waals surface area contributed by atoms with Gasteiger partial charge in [-0.1, -0.05) is 18.5 Å². The van der Waals surface area contributed by atoms with E-state index in [1.165, 1.54) is 0 Å². The fourth-order valence-electron chi connectivity index (χ4n) is 0.582. The second-order valence-electron chi connectivity index (χ2n) is 1.82. The zero-order valence-corrected chi connectivity index (χ0v) is 7.01. The molecule has 0 saturated carbocycles. The Morgan fingerprint density at radius 3 is 2.56 bits per heavy atom. The highest BCUT2D eigenvalue weighted by molar-refractivity contribution is 7.16. The van der Waals surface area contributed by atoms with Crippen molar-refractivity contribution >= 4 is 22.9 Å². The number of hydrogen-bond donors (Lipinski definition) is 0. The second kappa shape index (κ2) is 2.67. The van der Waals surface area contributed by atoms with Crippen molar-refractivity contribution in [3.63, 3.8) is 0 Å². The molecule has 1 heterocycles. The van der Waals surface area contributed by atoms with Crippen molar-refractivity contribution < 1.29 is 0 Å². The Bertz CT molecular complexity index is 187. The van der Waals surface area contributed by atoms with Crippen molar-refractivity contribution in [2.24, 2.45) is 0 Å². The molecular weight excluding hydrogens is 154 g/mol. The molecule has 1 aromatic heterocycles. The number of thiazole rings is 1. The van der Waals surface area contributed by atoms with E-state index < -0.39 is 0 Å².